The van der Waals surface area contributed by atoms with Crippen LogP contribution in [0.25, 0.3) is 0 Å². The summed E-state index contributed by atoms with van der Waals surface area (Å²) in [5.41, 5.74) is 0.413. The average molecular weight is 502 g/mol. The molecule has 3 N–H and O–H groups in total. The van der Waals surface area contributed by atoms with E-state index in [4.69, 9.17) is 4.74 Å². The zero-order chi connectivity index (χ0) is 26.2. The van der Waals surface area contributed by atoms with Gasteiger partial charge in [0.1, 0.15) is 23.4 Å². The van der Waals surface area contributed by atoms with Crippen molar-refractivity contribution in [3.63, 3.8) is 0 Å². The molecule has 2 rings (SSSR count). The Morgan fingerprint density at radius 3 is 2.17 bits per heavy atom. The highest BCUT2D eigenvalue weighted by atomic mass is 32.1. The van der Waals surface area contributed by atoms with E-state index in [0.29, 0.717) is 0 Å². The Hall–Kier alpha value is -3.20. The van der Waals surface area contributed by atoms with E-state index in [1.165, 1.54) is 11.0 Å². The molecule has 0 fully saturated rings. The van der Waals surface area contributed by atoms with E-state index in [9.17, 15) is 19.5 Å². The van der Waals surface area contributed by atoms with E-state index in [1.54, 1.807) is 52.8 Å². The van der Waals surface area contributed by atoms with Crippen LogP contribution in [-0.4, -0.2) is 51.4 Å². The number of benzene rings is 2. The summed E-state index contributed by atoms with van der Waals surface area (Å²) >= 11 is 4.25. The predicted molar refractivity (Wildman–Crippen MR) is 138 cm³/mol. The number of hydrogen-bond acceptors (Lipinski definition) is 6. The Bertz CT molecular complexity index is 1010. The second-order valence-electron chi connectivity index (χ2n) is 9.39. The van der Waals surface area contributed by atoms with Gasteiger partial charge in [-0.3, -0.25) is 9.59 Å². The number of nitrogens with one attached hydrogen (secondary N) is 2. The van der Waals surface area contributed by atoms with Crippen LogP contribution in [0.15, 0.2) is 54.6 Å². The van der Waals surface area contributed by atoms with Crippen molar-refractivity contribution in [1.29, 1.82) is 0 Å². The van der Waals surface area contributed by atoms with E-state index in [2.05, 4.69) is 23.3 Å². The summed E-state index contributed by atoms with van der Waals surface area (Å²) in [4.78, 5) is 40.9. The van der Waals surface area contributed by atoms with Gasteiger partial charge in [-0.05, 0) is 46.2 Å². The lowest BCUT2D eigenvalue weighted by molar-refractivity contribution is -0.144. The highest BCUT2D eigenvalue weighted by Gasteiger charge is 2.38. The van der Waals surface area contributed by atoms with Gasteiger partial charge in [-0.25, -0.2) is 4.79 Å². The lowest BCUT2D eigenvalue weighted by Crippen LogP contribution is -2.55. The standard InChI is InChI=1S/C26H35N3O5S/c1-17(2)29(24(32)20(16-35)28-25(33)34-26(3,4)5)22(19-13-9-10-14-21(19)30)23(31)27-15-18-11-7-6-8-12-18/h6-14,17,20,22,30,35H,15-16H2,1-5H3,(H,27,31)(H,28,33). The first kappa shape index (κ1) is 28.0. The maximum absolute atomic E-state index is 13.7. The molecular weight excluding hydrogens is 466 g/mol. The molecule has 0 aliphatic carbocycles. The molecule has 2 unspecified atom stereocenters. The number of aromatic hydroxyl groups is 1. The molecular formula is C26H35N3O5S. The monoisotopic (exact) mass is 501 g/mol. The molecule has 2 aromatic carbocycles. The minimum Gasteiger partial charge on any atom is -0.508 e. The van der Waals surface area contributed by atoms with Crippen molar-refractivity contribution in [2.75, 3.05) is 5.75 Å². The third kappa shape index (κ3) is 8.20. The van der Waals surface area contributed by atoms with Crippen molar-refractivity contribution < 1.29 is 24.2 Å². The number of amides is 3. The molecule has 190 valence electrons. The summed E-state index contributed by atoms with van der Waals surface area (Å²) in [5, 5.41) is 16.0. The lowest BCUT2D eigenvalue weighted by atomic mass is 10.00. The SMILES string of the molecule is CC(C)N(C(=O)C(CS)NC(=O)OC(C)(C)C)C(C(=O)NCc1ccccc1)c1ccccc1O. The van der Waals surface area contributed by atoms with Crippen molar-refractivity contribution in [3.8, 4) is 5.75 Å². The topological polar surface area (TPSA) is 108 Å². The Balaban J connectivity index is 2.39. The number of alkyl carbamates (subject to hydrolysis) is 1. The van der Waals surface area contributed by atoms with Crippen LogP contribution in [0.2, 0.25) is 0 Å². The highest BCUT2D eigenvalue weighted by Crippen LogP contribution is 2.31. The first-order valence-electron chi connectivity index (χ1n) is 11.5. The maximum Gasteiger partial charge on any atom is 0.408 e. The Labute approximate surface area is 212 Å². The molecule has 0 aromatic heterocycles. The molecule has 0 heterocycles. The Kier molecular flexibility index (Phi) is 10.0. The predicted octanol–water partition coefficient (Wildman–Crippen LogP) is 3.81. The van der Waals surface area contributed by atoms with E-state index in [0.717, 1.165) is 5.56 Å². The van der Waals surface area contributed by atoms with E-state index in [-0.39, 0.29) is 23.6 Å². The molecule has 0 saturated heterocycles. The summed E-state index contributed by atoms with van der Waals surface area (Å²) in [7, 11) is 0. The smallest absolute Gasteiger partial charge is 0.408 e. The zero-order valence-corrected chi connectivity index (χ0v) is 21.7. The van der Waals surface area contributed by atoms with Gasteiger partial charge in [0, 0.05) is 23.9 Å². The van der Waals surface area contributed by atoms with Crippen LogP contribution in [0.5, 0.6) is 5.75 Å². The van der Waals surface area contributed by atoms with E-state index < -0.39 is 41.6 Å². The Morgan fingerprint density at radius 1 is 1.03 bits per heavy atom. The molecule has 2 atom stereocenters. The van der Waals surface area contributed by atoms with Gasteiger partial charge in [-0.1, -0.05) is 48.5 Å². The number of nitrogens with zero attached hydrogens (tertiary/aromatic N) is 1. The minimum atomic E-state index is -1.14. The summed E-state index contributed by atoms with van der Waals surface area (Å²) in [6, 6.07) is 13.1. The first-order chi connectivity index (χ1) is 16.4. The van der Waals surface area contributed by atoms with Gasteiger partial charge in [0.25, 0.3) is 0 Å². The van der Waals surface area contributed by atoms with Gasteiger partial charge in [-0.15, -0.1) is 0 Å². The number of phenolic OH excluding ortho intramolecular Hbond substituents is 1. The van der Waals surface area contributed by atoms with Crippen LogP contribution in [0.1, 0.15) is 51.8 Å². The van der Waals surface area contributed by atoms with Crippen molar-refractivity contribution in [1.82, 2.24) is 15.5 Å². The largest absolute Gasteiger partial charge is 0.508 e. The molecule has 0 radical (unpaired) electrons. The van der Waals surface area contributed by atoms with Crippen LogP contribution < -0.4 is 10.6 Å². The molecule has 0 spiro atoms. The minimum absolute atomic E-state index is 0.0135. The van der Waals surface area contributed by atoms with Crippen molar-refractivity contribution in [2.24, 2.45) is 0 Å². The number of carbonyl (C=O) groups excluding carboxylic acids is 3. The normalized spacial score (nSPS) is 13.0. The van der Waals surface area contributed by atoms with Crippen LogP contribution in [0, 0.1) is 0 Å². The van der Waals surface area contributed by atoms with Crippen molar-refractivity contribution in [3.05, 3.63) is 65.7 Å². The van der Waals surface area contributed by atoms with Crippen molar-refractivity contribution in [2.45, 2.75) is 64.9 Å². The second kappa shape index (κ2) is 12.5. The van der Waals surface area contributed by atoms with Gasteiger partial charge in [-0.2, -0.15) is 12.6 Å². The van der Waals surface area contributed by atoms with Crippen LogP contribution in [-0.2, 0) is 20.9 Å². The fraction of sp³-hybridized carbons (Fsp3) is 0.423. The summed E-state index contributed by atoms with van der Waals surface area (Å²) in [5.74, 6) is -1.12. The molecule has 0 aliphatic rings. The fourth-order valence-corrected chi connectivity index (χ4v) is 3.76. The summed E-state index contributed by atoms with van der Waals surface area (Å²) in [6.07, 6.45) is -0.763. The number of thiol groups is 1. The third-order valence-corrected chi connectivity index (χ3v) is 5.42. The molecule has 9 heteroatoms. The van der Waals surface area contributed by atoms with Crippen LogP contribution in [0.3, 0.4) is 0 Å². The second-order valence-corrected chi connectivity index (χ2v) is 9.75. The van der Waals surface area contributed by atoms with Crippen LogP contribution in [0.4, 0.5) is 4.79 Å². The quantitative estimate of drug-likeness (QED) is 0.391. The summed E-state index contributed by atoms with van der Waals surface area (Å²) in [6.45, 7) is 8.92. The van der Waals surface area contributed by atoms with Gasteiger partial charge in [0.15, 0.2) is 0 Å². The third-order valence-electron chi connectivity index (χ3n) is 5.05. The van der Waals surface area contributed by atoms with E-state index >= 15 is 0 Å². The lowest BCUT2D eigenvalue weighted by Gasteiger charge is -2.37. The number of ether oxygens (including phenoxy) is 1. The van der Waals surface area contributed by atoms with Gasteiger partial charge < -0.3 is 25.4 Å². The molecule has 35 heavy (non-hydrogen) atoms. The Morgan fingerprint density at radius 2 is 1.63 bits per heavy atom. The number of para-hydroxylation sites is 1. The van der Waals surface area contributed by atoms with Gasteiger partial charge in [0.2, 0.25) is 11.8 Å². The van der Waals surface area contributed by atoms with E-state index in [1.807, 2.05) is 30.3 Å². The highest BCUT2D eigenvalue weighted by molar-refractivity contribution is 7.80. The number of rotatable bonds is 9. The van der Waals surface area contributed by atoms with Crippen LogP contribution >= 0.6 is 12.6 Å². The molecule has 0 aliphatic heterocycles. The molecule has 3 amide bonds. The average Bonchev–Trinajstić information content (AvgIpc) is 2.79. The van der Waals surface area contributed by atoms with Gasteiger partial charge >= 0.3 is 6.09 Å². The fourth-order valence-electron chi connectivity index (χ4n) is 3.51. The number of hydrogen-bond donors (Lipinski definition) is 4. The molecule has 2 aromatic rings. The zero-order valence-electron chi connectivity index (χ0n) is 20.8. The number of phenols is 1. The first-order valence-corrected chi connectivity index (χ1v) is 12.1. The molecule has 8 nitrogen and oxygen atoms in total. The maximum atomic E-state index is 13.7. The molecule has 0 saturated carbocycles. The summed E-state index contributed by atoms with van der Waals surface area (Å²) < 4.78 is 5.29. The van der Waals surface area contributed by atoms with Gasteiger partial charge in [0.05, 0.1) is 0 Å². The molecule has 0 bridgehead atoms. The van der Waals surface area contributed by atoms with Crippen molar-refractivity contribution >= 4 is 30.5 Å². The number of carbonyl (C=O) groups is 3.